The lowest BCUT2D eigenvalue weighted by atomic mass is 10.1. The number of benzene rings is 1. The van der Waals surface area contributed by atoms with E-state index in [9.17, 15) is 9.59 Å². The van der Waals surface area contributed by atoms with Crippen LogP contribution in [0.15, 0.2) is 28.2 Å². The highest BCUT2D eigenvalue weighted by Crippen LogP contribution is 2.25. The van der Waals surface area contributed by atoms with Gasteiger partial charge < -0.3 is 10.3 Å². The molecule has 25 heavy (non-hydrogen) atoms. The van der Waals surface area contributed by atoms with Crippen LogP contribution in [0, 0.1) is 20.8 Å². The molecule has 2 rings (SSSR count). The molecule has 0 aliphatic rings. The summed E-state index contributed by atoms with van der Waals surface area (Å²) in [5.41, 5.74) is 4.68. The summed E-state index contributed by atoms with van der Waals surface area (Å²) in [5, 5.41) is 3.11. The van der Waals surface area contributed by atoms with Crippen LogP contribution in [0.3, 0.4) is 0 Å². The standard InChI is InChI=1S/C19H25N3O2S/c1-6-7-15-10-16(23)21-19(20-15)25-14(5)18(24)22-17-12(3)8-11(2)9-13(17)4/h8-10,14H,6-7H2,1-5H3,(H,22,24)(H,20,21,23)/t14-/m1/s1. The van der Waals surface area contributed by atoms with E-state index in [1.54, 1.807) is 0 Å². The highest BCUT2D eigenvalue weighted by atomic mass is 32.2. The third-order valence-corrected chi connectivity index (χ3v) is 4.85. The SMILES string of the molecule is CCCc1cc(=O)[nH]c(S[C@H](C)C(=O)Nc2c(C)cc(C)cc2C)n1. The molecule has 0 radical (unpaired) electrons. The van der Waals surface area contributed by atoms with Crippen LogP contribution in [0.1, 0.15) is 42.7 Å². The zero-order valence-corrected chi connectivity index (χ0v) is 16.2. The van der Waals surface area contributed by atoms with Crippen molar-refractivity contribution < 1.29 is 4.79 Å². The molecule has 0 fully saturated rings. The van der Waals surface area contributed by atoms with Crippen molar-refractivity contribution in [3.05, 3.63) is 50.9 Å². The molecule has 0 aliphatic carbocycles. The van der Waals surface area contributed by atoms with Crippen molar-refractivity contribution in [1.82, 2.24) is 9.97 Å². The van der Waals surface area contributed by atoms with Crippen LogP contribution in [0.4, 0.5) is 5.69 Å². The van der Waals surface area contributed by atoms with E-state index >= 15 is 0 Å². The summed E-state index contributed by atoms with van der Waals surface area (Å²) in [6.07, 6.45) is 1.67. The van der Waals surface area contributed by atoms with Gasteiger partial charge in [0.15, 0.2) is 5.16 Å². The fourth-order valence-electron chi connectivity index (χ4n) is 2.75. The van der Waals surface area contributed by atoms with Crippen molar-refractivity contribution in [1.29, 1.82) is 0 Å². The van der Waals surface area contributed by atoms with E-state index < -0.39 is 0 Å². The second kappa shape index (κ2) is 8.34. The Balaban J connectivity index is 2.12. The maximum Gasteiger partial charge on any atom is 0.251 e. The van der Waals surface area contributed by atoms with Crippen LogP contribution in [0.25, 0.3) is 0 Å². The number of carbonyl (C=O) groups excluding carboxylic acids is 1. The number of H-pyrrole nitrogens is 1. The zero-order chi connectivity index (χ0) is 18.6. The number of aromatic amines is 1. The first kappa shape index (κ1) is 19.2. The number of aryl methyl sites for hydroxylation is 4. The predicted molar refractivity (Wildman–Crippen MR) is 103 cm³/mol. The van der Waals surface area contributed by atoms with E-state index in [1.165, 1.54) is 23.4 Å². The van der Waals surface area contributed by atoms with Gasteiger partial charge in [0.25, 0.3) is 5.56 Å². The second-order valence-electron chi connectivity index (χ2n) is 6.31. The second-order valence-corrected chi connectivity index (χ2v) is 7.64. The van der Waals surface area contributed by atoms with Crippen LogP contribution in [0.5, 0.6) is 0 Å². The van der Waals surface area contributed by atoms with Gasteiger partial charge in [-0.2, -0.15) is 0 Å². The Morgan fingerprint density at radius 3 is 2.48 bits per heavy atom. The smallest absolute Gasteiger partial charge is 0.251 e. The lowest BCUT2D eigenvalue weighted by Gasteiger charge is -2.16. The molecule has 0 spiro atoms. The first-order valence-electron chi connectivity index (χ1n) is 8.45. The number of thioether (sulfide) groups is 1. The molecule has 1 atom stereocenters. The summed E-state index contributed by atoms with van der Waals surface area (Å²) in [5.74, 6) is -0.108. The van der Waals surface area contributed by atoms with Crippen LogP contribution in [-0.2, 0) is 11.2 Å². The molecule has 2 aromatic rings. The van der Waals surface area contributed by atoms with Gasteiger partial charge in [0, 0.05) is 17.4 Å². The van der Waals surface area contributed by atoms with E-state index in [1.807, 2.05) is 46.8 Å². The van der Waals surface area contributed by atoms with Gasteiger partial charge in [-0.3, -0.25) is 9.59 Å². The predicted octanol–water partition coefficient (Wildman–Crippen LogP) is 3.77. The normalized spacial score (nSPS) is 12.0. The Morgan fingerprint density at radius 1 is 1.24 bits per heavy atom. The number of nitrogens with one attached hydrogen (secondary N) is 2. The van der Waals surface area contributed by atoms with Gasteiger partial charge in [-0.05, 0) is 45.2 Å². The number of anilines is 1. The molecule has 6 heteroatoms. The van der Waals surface area contributed by atoms with Crippen molar-refractivity contribution in [2.24, 2.45) is 0 Å². The molecule has 1 amide bonds. The molecule has 5 nitrogen and oxygen atoms in total. The molecule has 134 valence electrons. The largest absolute Gasteiger partial charge is 0.325 e. The van der Waals surface area contributed by atoms with Gasteiger partial charge in [-0.15, -0.1) is 0 Å². The molecule has 0 saturated heterocycles. The fraction of sp³-hybridized carbons (Fsp3) is 0.421. The van der Waals surface area contributed by atoms with Crippen LogP contribution < -0.4 is 10.9 Å². The maximum absolute atomic E-state index is 12.5. The average Bonchev–Trinajstić information content (AvgIpc) is 2.50. The quantitative estimate of drug-likeness (QED) is 0.608. The van der Waals surface area contributed by atoms with E-state index in [0.717, 1.165) is 35.3 Å². The van der Waals surface area contributed by atoms with Crippen LogP contribution >= 0.6 is 11.8 Å². The summed E-state index contributed by atoms with van der Waals surface area (Å²) >= 11 is 1.26. The lowest BCUT2D eigenvalue weighted by Crippen LogP contribution is -2.24. The van der Waals surface area contributed by atoms with Gasteiger partial charge in [-0.25, -0.2) is 4.98 Å². The third-order valence-electron chi connectivity index (χ3n) is 3.86. The molecule has 0 unspecified atom stereocenters. The first-order valence-corrected chi connectivity index (χ1v) is 9.33. The van der Waals surface area contributed by atoms with Crippen molar-refractivity contribution in [2.45, 2.75) is 57.9 Å². The van der Waals surface area contributed by atoms with Gasteiger partial charge in [-0.1, -0.05) is 42.8 Å². The van der Waals surface area contributed by atoms with E-state index in [4.69, 9.17) is 0 Å². The molecular formula is C19H25N3O2S. The van der Waals surface area contributed by atoms with Crippen LogP contribution in [-0.4, -0.2) is 21.1 Å². The van der Waals surface area contributed by atoms with Crippen molar-refractivity contribution in [3.8, 4) is 0 Å². The molecule has 1 aromatic carbocycles. The fourth-order valence-corrected chi connectivity index (χ4v) is 3.58. The third kappa shape index (κ3) is 5.19. The van der Waals surface area contributed by atoms with Gasteiger partial charge in [0.05, 0.1) is 5.25 Å². The lowest BCUT2D eigenvalue weighted by molar-refractivity contribution is -0.115. The average molecular weight is 359 g/mol. The Bertz CT molecular complexity index is 807. The molecule has 1 heterocycles. The molecular weight excluding hydrogens is 334 g/mol. The summed E-state index contributed by atoms with van der Waals surface area (Å²) in [6, 6.07) is 5.61. The number of nitrogens with zero attached hydrogens (tertiary/aromatic N) is 1. The Kier molecular flexibility index (Phi) is 6.42. The minimum Gasteiger partial charge on any atom is -0.325 e. The highest BCUT2D eigenvalue weighted by molar-refractivity contribution is 8.00. The Morgan fingerprint density at radius 2 is 1.88 bits per heavy atom. The van der Waals surface area contributed by atoms with E-state index in [0.29, 0.717) is 5.16 Å². The van der Waals surface area contributed by atoms with Crippen molar-refractivity contribution >= 4 is 23.4 Å². The van der Waals surface area contributed by atoms with Gasteiger partial charge in [0.2, 0.25) is 5.91 Å². The van der Waals surface area contributed by atoms with E-state index in [2.05, 4.69) is 15.3 Å². The number of aromatic nitrogens is 2. The highest BCUT2D eigenvalue weighted by Gasteiger charge is 2.18. The number of rotatable bonds is 6. The number of amides is 1. The molecule has 0 saturated carbocycles. The Labute approximate surface area is 152 Å². The minimum absolute atomic E-state index is 0.108. The molecule has 0 aliphatic heterocycles. The maximum atomic E-state index is 12.5. The summed E-state index contributed by atoms with van der Waals surface area (Å²) < 4.78 is 0. The van der Waals surface area contributed by atoms with Gasteiger partial charge >= 0.3 is 0 Å². The minimum atomic E-state index is -0.375. The number of hydrogen-bond acceptors (Lipinski definition) is 4. The topological polar surface area (TPSA) is 74.8 Å². The van der Waals surface area contributed by atoms with Crippen molar-refractivity contribution in [2.75, 3.05) is 5.32 Å². The van der Waals surface area contributed by atoms with E-state index in [-0.39, 0.29) is 16.7 Å². The number of carbonyl (C=O) groups is 1. The number of hydrogen-bond donors (Lipinski definition) is 2. The Hall–Kier alpha value is -2.08. The van der Waals surface area contributed by atoms with Gasteiger partial charge in [0.1, 0.15) is 0 Å². The zero-order valence-electron chi connectivity index (χ0n) is 15.4. The first-order chi connectivity index (χ1) is 11.8. The molecule has 0 bridgehead atoms. The summed E-state index contributed by atoms with van der Waals surface area (Å²) in [7, 11) is 0. The van der Waals surface area contributed by atoms with Crippen molar-refractivity contribution in [3.63, 3.8) is 0 Å². The summed E-state index contributed by atoms with van der Waals surface area (Å²) in [6.45, 7) is 9.86. The molecule has 2 N–H and O–H groups in total. The monoisotopic (exact) mass is 359 g/mol. The summed E-state index contributed by atoms with van der Waals surface area (Å²) in [4.78, 5) is 31.4. The van der Waals surface area contributed by atoms with Crippen LogP contribution in [0.2, 0.25) is 0 Å². The molecule has 1 aromatic heterocycles.